The Morgan fingerprint density at radius 3 is 2.29 bits per heavy atom. The van der Waals surface area contributed by atoms with Crippen LogP contribution < -0.4 is 5.32 Å². The molecule has 0 aliphatic rings. The minimum atomic E-state index is -2.80. The van der Waals surface area contributed by atoms with E-state index in [4.69, 9.17) is 0 Å². The molecule has 0 spiro atoms. The molecule has 86 valence electrons. The lowest BCUT2D eigenvalue weighted by atomic mass is 10.0. The summed E-state index contributed by atoms with van der Waals surface area (Å²) >= 11 is 0. The van der Waals surface area contributed by atoms with Gasteiger partial charge in [-0.25, -0.2) is 8.42 Å². The van der Waals surface area contributed by atoms with E-state index in [1.165, 1.54) is 6.26 Å². The van der Waals surface area contributed by atoms with Crippen molar-refractivity contribution in [3.05, 3.63) is 0 Å². The van der Waals surface area contributed by atoms with Crippen LogP contribution in [0.4, 0.5) is 0 Å². The molecule has 14 heavy (non-hydrogen) atoms. The Kier molecular flexibility index (Phi) is 6.36. The van der Waals surface area contributed by atoms with E-state index in [1.54, 1.807) is 0 Å². The highest BCUT2D eigenvalue weighted by Crippen LogP contribution is 2.09. The lowest BCUT2D eigenvalue weighted by Crippen LogP contribution is -2.33. The van der Waals surface area contributed by atoms with E-state index in [1.807, 2.05) is 0 Å². The topological polar surface area (TPSA) is 46.2 Å². The fraction of sp³-hybridized carbons (Fsp3) is 1.00. The predicted molar refractivity (Wildman–Crippen MR) is 61.2 cm³/mol. The first-order valence-electron chi connectivity index (χ1n) is 5.28. The van der Waals surface area contributed by atoms with Gasteiger partial charge in [-0.3, -0.25) is 0 Å². The number of hydrogen-bond donors (Lipinski definition) is 1. The number of rotatable bonds is 7. The van der Waals surface area contributed by atoms with Crippen molar-refractivity contribution in [2.24, 2.45) is 5.92 Å². The van der Waals surface area contributed by atoms with Crippen LogP contribution in [-0.4, -0.2) is 33.0 Å². The molecule has 4 heteroatoms. The van der Waals surface area contributed by atoms with Crippen molar-refractivity contribution in [1.82, 2.24) is 5.32 Å². The Morgan fingerprint density at radius 2 is 1.86 bits per heavy atom. The van der Waals surface area contributed by atoms with Crippen LogP contribution in [-0.2, 0) is 9.84 Å². The largest absolute Gasteiger partial charge is 0.314 e. The van der Waals surface area contributed by atoms with E-state index < -0.39 is 9.84 Å². The van der Waals surface area contributed by atoms with Crippen molar-refractivity contribution in [2.75, 3.05) is 18.6 Å². The van der Waals surface area contributed by atoms with E-state index in [2.05, 4.69) is 26.1 Å². The molecule has 1 N–H and O–H groups in total. The van der Waals surface area contributed by atoms with Crippen molar-refractivity contribution in [2.45, 2.75) is 39.7 Å². The van der Waals surface area contributed by atoms with Gasteiger partial charge in [-0.2, -0.15) is 0 Å². The molecular weight excluding hydrogens is 198 g/mol. The summed E-state index contributed by atoms with van der Waals surface area (Å²) in [5.74, 6) is 0.711. The summed E-state index contributed by atoms with van der Waals surface area (Å²) < 4.78 is 21.9. The van der Waals surface area contributed by atoms with Gasteiger partial charge in [0, 0.05) is 12.3 Å². The Hall–Kier alpha value is -0.0900. The lowest BCUT2D eigenvalue weighted by Gasteiger charge is -2.20. The standard InChI is InChI=1S/C10H23NO2S/c1-5-7-11-10(3)9(2)6-8-14(4,12)13/h9-11H,5-8H2,1-4H3. The smallest absolute Gasteiger partial charge is 0.147 e. The summed E-state index contributed by atoms with van der Waals surface area (Å²) in [6.45, 7) is 7.34. The number of nitrogens with one attached hydrogen (secondary N) is 1. The van der Waals surface area contributed by atoms with Gasteiger partial charge in [0.25, 0.3) is 0 Å². The van der Waals surface area contributed by atoms with Gasteiger partial charge in [0.2, 0.25) is 0 Å². The third-order valence-electron chi connectivity index (χ3n) is 2.51. The highest BCUT2D eigenvalue weighted by atomic mass is 32.2. The van der Waals surface area contributed by atoms with Crippen molar-refractivity contribution >= 4 is 9.84 Å². The van der Waals surface area contributed by atoms with Crippen LogP contribution >= 0.6 is 0 Å². The van der Waals surface area contributed by atoms with Crippen molar-refractivity contribution in [3.63, 3.8) is 0 Å². The Bertz CT molecular complexity index is 237. The van der Waals surface area contributed by atoms with Gasteiger partial charge in [-0.15, -0.1) is 0 Å². The zero-order valence-electron chi connectivity index (χ0n) is 9.71. The zero-order valence-corrected chi connectivity index (χ0v) is 10.5. The van der Waals surface area contributed by atoms with Crippen molar-refractivity contribution < 1.29 is 8.42 Å². The summed E-state index contributed by atoms with van der Waals surface area (Å²) in [6.07, 6.45) is 3.16. The molecule has 0 amide bonds. The molecule has 0 aromatic heterocycles. The molecule has 0 fully saturated rings. The van der Waals surface area contributed by atoms with E-state index in [-0.39, 0.29) is 0 Å². The average Bonchev–Trinajstić information content (AvgIpc) is 2.09. The van der Waals surface area contributed by atoms with Crippen molar-refractivity contribution in [1.29, 1.82) is 0 Å². The second-order valence-corrected chi connectivity index (χ2v) is 6.40. The zero-order chi connectivity index (χ0) is 11.2. The maximum atomic E-state index is 11.0. The quantitative estimate of drug-likeness (QED) is 0.707. The van der Waals surface area contributed by atoms with Gasteiger partial charge < -0.3 is 5.32 Å². The molecule has 0 rings (SSSR count). The molecule has 3 nitrogen and oxygen atoms in total. The molecule has 0 radical (unpaired) electrons. The molecule has 0 saturated carbocycles. The van der Waals surface area contributed by atoms with Crippen LogP contribution in [0.2, 0.25) is 0 Å². The molecule has 0 aromatic carbocycles. The van der Waals surface area contributed by atoms with Crippen LogP contribution in [0, 0.1) is 5.92 Å². The van der Waals surface area contributed by atoms with E-state index >= 15 is 0 Å². The molecule has 0 aliphatic heterocycles. The summed E-state index contributed by atoms with van der Waals surface area (Å²) in [6, 6.07) is 0.400. The Labute approximate surface area is 88.2 Å². The van der Waals surface area contributed by atoms with Gasteiger partial charge in [0.15, 0.2) is 0 Å². The predicted octanol–water partition coefficient (Wildman–Crippen LogP) is 1.45. The van der Waals surface area contributed by atoms with Gasteiger partial charge in [-0.05, 0) is 32.2 Å². The Morgan fingerprint density at radius 1 is 1.29 bits per heavy atom. The molecule has 0 saturated heterocycles. The molecule has 0 aromatic rings. The normalized spacial score (nSPS) is 16.6. The maximum Gasteiger partial charge on any atom is 0.147 e. The molecule has 2 unspecified atom stereocenters. The highest BCUT2D eigenvalue weighted by molar-refractivity contribution is 7.90. The first-order chi connectivity index (χ1) is 6.37. The second-order valence-electron chi connectivity index (χ2n) is 4.14. The fourth-order valence-corrected chi connectivity index (χ4v) is 2.02. The third kappa shape index (κ3) is 7.33. The first-order valence-corrected chi connectivity index (χ1v) is 7.34. The number of hydrogen-bond acceptors (Lipinski definition) is 3. The minimum absolute atomic E-state index is 0.298. The van der Waals surface area contributed by atoms with E-state index in [0.717, 1.165) is 19.4 Å². The van der Waals surface area contributed by atoms with Crippen LogP contribution in [0.25, 0.3) is 0 Å². The third-order valence-corrected chi connectivity index (χ3v) is 3.49. The van der Waals surface area contributed by atoms with Crippen LogP contribution in [0.15, 0.2) is 0 Å². The van der Waals surface area contributed by atoms with Gasteiger partial charge >= 0.3 is 0 Å². The van der Waals surface area contributed by atoms with Crippen LogP contribution in [0.3, 0.4) is 0 Å². The summed E-state index contributed by atoms with van der Waals surface area (Å²) in [7, 11) is -2.80. The Balaban J connectivity index is 3.78. The molecular formula is C10H23NO2S. The monoisotopic (exact) mass is 221 g/mol. The molecule has 0 aliphatic carbocycles. The van der Waals surface area contributed by atoms with Crippen LogP contribution in [0.1, 0.15) is 33.6 Å². The number of sulfone groups is 1. The van der Waals surface area contributed by atoms with E-state index in [0.29, 0.717) is 17.7 Å². The molecule has 0 heterocycles. The summed E-state index contributed by atoms with van der Waals surface area (Å²) in [5.41, 5.74) is 0. The summed E-state index contributed by atoms with van der Waals surface area (Å²) in [4.78, 5) is 0. The SMILES string of the molecule is CCCNC(C)C(C)CCS(C)(=O)=O. The molecule has 2 atom stereocenters. The molecule has 0 bridgehead atoms. The first kappa shape index (κ1) is 13.9. The lowest BCUT2D eigenvalue weighted by molar-refractivity contribution is 0.391. The van der Waals surface area contributed by atoms with Crippen LogP contribution in [0.5, 0.6) is 0 Å². The summed E-state index contributed by atoms with van der Waals surface area (Å²) in [5, 5.41) is 3.37. The second kappa shape index (κ2) is 6.40. The van der Waals surface area contributed by atoms with Gasteiger partial charge in [0.05, 0.1) is 5.75 Å². The highest BCUT2D eigenvalue weighted by Gasteiger charge is 2.13. The average molecular weight is 221 g/mol. The maximum absolute atomic E-state index is 11.0. The van der Waals surface area contributed by atoms with E-state index in [9.17, 15) is 8.42 Å². The van der Waals surface area contributed by atoms with Gasteiger partial charge in [0.1, 0.15) is 9.84 Å². The fourth-order valence-electron chi connectivity index (χ4n) is 1.22. The van der Waals surface area contributed by atoms with Crippen molar-refractivity contribution in [3.8, 4) is 0 Å². The minimum Gasteiger partial charge on any atom is -0.314 e. The van der Waals surface area contributed by atoms with Gasteiger partial charge in [-0.1, -0.05) is 13.8 Å².